The monoisotopic (exact) mass is 304 g/mol. The molecule has 0 aliphatic rings. The molecule has 0 aliphatic heterocycles. The van der Waals surface area contributed by atoms with Crippen molar-refractivity contribution in [1.82, 2.24) is 0 Å². The van der Waals surface area contributed by atoms with Crippen LogP contribution in [0.1, 0.15) is 25.7 Å². The first kappa shape index (κ1) is 11.8. The molecule has 2 heteroatoms. The Labute approximate surface area is 100.0 Å². The Morgan fingerprint density at radius 1 is 0.929 bits per heavy atom. The molecule has 0 unspecified atom stereocenters. The molecule has 1 aromatic rings. The van der Waals surface area contributed by atoms with E-state index >= 15 is 0 Å². The minimum atomic E-state index is 0.852. The van der Waals surface area contributed by atoms with Crippen LogP contribution in [0.3, 0.4) is 0 Å². The van der Waals surface area contributed by atoms with Crippen LogP contribution in [-0.4, -0.2) is 11.0 Å². The summed E-state index contributed by atoms with van der Waals surface area (Å²) in [5.41, 5.74) is 0. The number of alkyl halides is 1. The predicted octanol–water partition coefficient (Wildman–Crippen LogP) is 4.06. The van der Waals surface area contributed by atoms with Gasteiger partial charge in [0.1, 0.15) is 5.75 Å². The highest BCUT2D eigenvalue weighted by molar-refractivity contribution is 14.1. The SMILES string of the molecule is ICCCCCCOc1ccccc1. The molecule has 0 aromatic heterocycles. The van der Waals surface area contributed by atoms with E-state index in [0.29, 0.717) is 0 Å². The van der Waals surface area contributed by atoms with Crippen molar-refractivity contribution in [3.05, 3.63) is 30.3 Å². The van der Waals surface area contributed by atoms with E-state index in [4.69, 9.17) is 4.74 Å². The quantitative estimate of drug-likeness (QED) is 0.419. The molecule has 1 rings (SSSR count). The van der Waals surface area contributed by atoms with Gasteiger partial charge in [0.05, 0.1) is 6.61 Å². The summed E-state index contributed by atoms with van der Waals surface area (Å²) < 4.78 is 6.86. The molecule has 14 heavy (non-hydrogen) atoms. The van der Waals surface area contributed by atoms with Crippen molar-refractivity contribution in [3.63, 3.8) is 0 Å². The van der Waals surface area contributed by atoms with E-state index in [1.165, 1.54) is 30.1 Å². The maximum Gasteiger partial charge on any atom is 0.119 e. The normalized spacial score (nSPS) is 10.1. The van der Waals surface area contributed by atoms with Gasteiger partial charge in [-0.1, -0.05) is 53.6 Å². The van der Waals surface area contributed by atoms with Gasteiger partial charge in [-0.05, 0) is 29.4 Å². The van der Waals surface area contributed by atoms with Crippen molar-refractivity contribution < 1.29 is 4.74 Å². The van der Waals surface area contributed by atoms with Gasteiger partial charge in [0.25, 0.3) is 0 Å². The average Bonchev–Trinajstić information content (AvgIpc) is 2.25. The fraction of sp³-hybridized carbons (Fsp3) is 0.500. The van der Waals surface area contributed by atoms with Crippen molar-refractivity contribution in [2.24, 2.45) is 0 Å². The number of hydrogen-bond acceptors (Lipinski definition) is 1. The minimum absolute atomic E-state index is 0.852. The predicted molar refractivity (Wildman–Crippen MR) is 69.3 cm³/mol. The molecule has 0 spiro atoms. The summed E-state index contributed by atoms with van der Waals surface area (Å²) in [6, 6.07) is 10.0. The third-order valence-electron chi connectivity index (χ3n) is 2.04. The summed E-state index contributed by atoms with van der Waals surface area (Å²) in [7, 11) is 0. The van der Waals surface area contributed by atoms with Crippen LogP contribution in [0, 0.1) is 0 Å². The van der Waals surface area contributed by atoms with Crippen LogP contribution in [0.25, 0.3) is 0 Å². The second-order valence-electron chi connectivity index (χ2n) is 3.26. The molecular weight excluding hydrogens is 287 g/mol. The molecular formula is C12H17IO. The highest BCUT2D eigenvalue weighted by Crippen LogP contribution is 2.09. The molecule has 1 aromatic carbocycles. The van der Waals surface area contributed by atoms with E-state index in [2.05, 4.69) is 22.6 Å². The highest BCUT2D eigenvalue weighted by atomic mass is 127. The topological polar surface area (TPSA) is 9.23 Å². The van der Waals surface area contributed by atoms with Gasteiger partial charge in [-0.3, -0.25) is 0 Å². The first-order valence-corrected chi connectivity index (χ1v) is 6.70. The molecule has 0 aliphatic carbocycles. The van der Waals surface area contributed by atoms with Crippen molar-refractivity contribution in [1.29, 1.82) is 0 Å². The minimum Gasteiger partial charge on any atom is -0.494 e. The van der Waals surface area contributed by atoms with Crippen LogP contribution in [-0.2, 0) is 0 Å². The molecule has 0 heterocycles. The van der Waals surface area contributed by atoms with Gasteiger partial charge < -0.3 is 4.74 Å². The largest absolute Gasteiger partial charge is 0.494 e. The fourth-order valence-electron chi connectivity index (χ4n) is 1.26. The van der Waals surface area contributed by atoms with E-state index in [9.17, 15) is 0 Å². The van der Waals surface area contributed by atoms with E-state index in [-0.39, 0.29) is 0 Å². The number of ether oxygens (including phenoxy) is 1. The summed E-state index contributed by atoms with van der Waals surface area (Å²) in [6.45, 7) is 0.852. The summed E-state index contributed by atoms with van der Waals surface area (Å²) in [6.07, 6.45) is 5.13. The third-order valence-corrected chi connectivity index (χ3v) is 2.80. The number of rotatable bonds is 7. The van der Waals surface area contributed by atoms with Crippen LogP contribution in [0.2, 0.25) is 0 Å². The van der Waals surface area contributed by atoms with Gasteiger partial charge in [0.2, 0.25) is 0 Å². The standard InChI is InChI=1S/C12H17IO/c13-10-6-1-2-7-11-14-12-8-4-3-5-9-12/h3-5,8-9H,1-2,6-7,10-11H2. The molecule has 1 nitrogen and oxygen atoms in total. The van der Waals surface area contributed by atoms with Crippen LogP contribution >= 0.6 is 22.6 Å². The van der Waals surface area contributed by atoms with Gasteiger partial charge in [-0.15, -0.1) is 0 Å². The van der Waals surface area contributed by atoms with Gasteiger partial charge in [0.15, 0.2) is 0 Å². The van der Waals surface area contributed by atoms with Crippen LogP contribution in [0.5, 0.6) is 5.75 Å². The Kier molecular flexibility index (Phi) is 6.83. The second-order valence-corrected chi connectivity index (χ2v) is 4.34. The Morgan fingerprint density at radius 2 is 1.64 bits per heavy atom. The molecule has 0 N–H and O–H groups in total. The maximum absolute atomic E-state index is 5.58. The Balaban J connectivity index is 1.99. The van der Waals surface area contributed by atoms with Gasteiger partial charge in [-0.2, -0.15) is 0 Å². The molecule has 0 saturated heterocycles. The molecule has 0 amide bonds. The number of unbranched alkanes of at least 4 members (excludes halogenated alkanes) is 3. The third kappa shape index (κ3) is 5.47. The van der Waals surface area contributed by atoms with E-state index in [0.717, 1.165) is 12.4 Å². The first-order chi connectivity index (χ1) is 6.93. The molecule has 0 bridgehead atoms. The van der Waals surface area contributed by atoms with Crippen molar-refractivity contribution in [2.45, 2.75) is 25.7 Å². The zero-order valence-corrected chi connectivity index (χ0v) is 10.6. The van der Waals surface area contributed by atoms with Crippen molar-refractivity contribution in [3.8, 4) is 5.75 Å². The molecule has 0 radical (unpaired) electrons. The zero-order chi connectivity index (χ0) is 10.1. The van der Waals surface area contributed by atoms with E-state index in [1.54, 1.807) is 0 Å². The summed E-state index contributed by atoms with van der Waals surface area (Å²) >= 11 is 2.43. The number of halogens is 1. The average molecular weight is 304 g/mol. The van der Waals surface area contributed by atoms with Gasteiger partial charge in [-0.25, -0.2) is 0 Å². The Hall–Kier alpha value is -0.250. The smallest absolute Gasteiger partial charge is 0.119 e. The Bertz CT molecular complexity index is 223. The lowest BCUT2D eigenvalue weighted by Gasteiger charge is -2.04. The molecule has 0 saturated carbocycles. The Morgan fingerprint density at radius 3 is 2.36 bits per heavy atom. The number of para-hydroxylation sites is 1. The number of hydrogen-bond donors (Lipinski definition) is 0. The van der Waals surface area contributed by atoms with Gasteiger partial charge >= 0.3 is 0 Å². The molecule has 78 valence electrons. The van der Waals surface area contributed by atoms with E-state index in [1.807, 2.05) is 30.3 Å². The lowest BCUT2D eigenvalue weighted by atomic mass is 10.2. The lowest BCUT2D eigenvalue weighted by Crippen LogP contribution is -1.96. The second kappa shape index (κ2) is 8.09. The maximum atomic E-state index is 5.58. The van der Waals surface area contributed by atoms with Crippen LogP contribution in [0.15, 0.2) is 30.3 Å². The first-order valence-electron chi connectivity index (χ1n) is 5.17. The van der Waals surface area contributed by atoms with Crippen molar-refractivity contribution in [2.75, 3.05) is 11.0 Å². The van der Waals surface area contributed by atoms with Crippen LogP contribution < -0.4 is 4.74 Å². The molecule has 0 atom stereocenters. The lowest BCUT2D eigenvalue weighted by molar-refractivity contribution is 0.305. The van der Waals surface area contributed by atoms with Crippen LogP contribution in [0.4, 0.5) is 0 Å². The van der Waals surface area contributed by atoms with Crippen molar-refractivity contribution >= 4 is 22.6 Å². The summed E-state index contributed by atoms with van der Waals surface area (Å²) in [4.78, 5) is 0. The fourth-order valence-corrected chi connectivity index (χ4v) is 1.80. The van der Waals surface area contributed by atoms with E-state index < -0.39 is 0 Å². The molecule has 0 fully saturated rings. The highest BCUT2D eigenvalue weighted by Gasteiger charge is 1.92. The number of benzene rings is 1. The zero-order valence-electron chi connectivity index (χ0n) is 8.42. The van der Waals surface area contributed by atoms with Gasteiger partial charge in [0, 0.05) is 0 Å². The summed E-state index contributed by atoms with van der Waals surface area (Å²) in [5, 5.41) is 0. The summed E-state index contributed by atoms with van der Waals surface area (Å²) in [5.74, 6) is 0.987.